The van der Waals surface area contributed by atoms with E-state index in [1.165, 1.54) is 0 Å². The minimum absolute atomic E-state index is 0.0444. The molecule has 8 heteroatoms. The first-order chi connectivity index (χ1) is 17.3. The molecule has 0 spiro atoms. The van der Waals surface area contributed by atoms with Crippen molar-refractivity contribution in [2.75, 3.05) is 11.9 Å². The Morgan fingerprint density at radius 1 is 1.06 bits per heavy atom. The Morgan fingerprint density at radius 2 is 1.81 bits per heavy atom. The third kappa shape index (κ3) is 5.82. The molecular weight excluding hydrogens is 474 g/mol. The zero-order valence-corrected chi connectivity index (χ0v) is 20.6. The van der Waals surface area contributed by atoms with Gasteiger partial charge in [-0.2, -0.15) is 5.26 Å². The van der Waals surface area contributed by atoms with Gasteiger partial charge in [0.15, 0.2) is 6.61 Å². The van der Waals surface area contributed by atoms with Crippen LogP contribution in [0, 0.1) is 25.2 Å². The van der Waals surface area contributed by atoms with E-state index in [1.807, 2.05) is 32.0 Å². The molecule has 3 aromatic carbocycles. The van der Waals surface area contributed by atoms with Gasteiger partial charge in [-0.3, -0.25) is 19.3 Å². The highest BCUT2D eigenvalue weighted by Crippen LogP contribution is 2.33. The molecule has 1 aliphatic rings. The van der Waals surface area contributed by atoms with Crippen molar-refractivity contribution in [1.29, 1.82) is 5.26 Å². The third-order valence-electron chi connectivity index (χ3n) is 5.68. The van der Waals surface area contributed by atoms with Gasteiger partial charge >= 0.3 is 0 Å². The number of hydrogen-bond acceptors (Lipinski definition) is 6. The molecule has 0 bridgehead atoms. The zero-order valence-electron chi connectivity index (χ0n) is 19.8. The summed E-state index contributed by atoms with van der Waals surface area (Å²) in [7, 11) is 0. The SMILES string of the molecule is Cc1ccc(NC(=O)COc2ccc(/C=C3\SC(=O)N(Cc4ccccc4C#N)C3=O)cc2)cc1C. The van der Waals surface area contributed by atoms with E-state index < -0.39 is 5.91 Å². The van der Waals surface area contributed by atoms with Crippen LogP contribution in [0.4, 0.5) is 10.5 Å². The predicted molar refractivity (Wildman–Crippen MR) is 139 cm³/mol. The summed E-state index contributed by atoms with van der Waals surface area (Å²) in [6.45, 7) is 3.89. The zero-order chi connectivity index (χ0) is 25.7. The molecule has 180 valence electrons. The first-order valence-electron chi connectivity index (χ1n) is 11.2. The molecular formula is C28H23N3O4S. The molecule has 0 aromatic heterocycles. The van der Waals surface area contributed by atoms with Crippen LogP contribution in [0.3, 0.4) is 0 Å². The van der Waals surface area contributed by atoms with E-state index in [4.69, 9.17) is 4.74 Å². The van der Waals surface area contributed by atoms with Gasteiger partial charge in [-0.05, 0) is 84.3 Å². The van der Waals surface area contributed by atoms with Gasteiger partial charge in [0.05, 0.1) is 23.1 Å². The van der Waals surface area contributed by atoms with Gasteiger partial charge in [0.25, 0.3) is 17.1 Å². The Kier molecular flexibility index (Phi) is 7.52. The summed E-state index contributed by atoms with van der Waals surface area (Å²) in [6, 6.07) is 21.6. The predicted octanol–water partition coefficient (Wildman–Crippen LogP) is 5.43. The van der Waals surface area contributed by atoms with Crippen LogP contribution in [0.5, 0.6) is 5.75 Å². The highest BCUT2D eigenvalue weighted by molar-refractivity contribution is 8.18. The fourth-order valence-corrected chi connectivity index (χ4v) is 4.39. The van der Waals surface area contributed by atoms with E-state index >= 15 is 0 Å². The second-order valence-corrected chi connectivity index (χ2v) is 9.23. The molecule has 36 heavy (non-hydrogen) atoms. The number of imide groups is 1. The van der Waals surface area contributed by atoms with E-state index in [-0.39, 0.29) is 24.3 Å². The number of ether oxygens (including phenoxy) is 1. The van der Waals surface area contributed by atoms with Crippen LogP contribution in [0.2, 0.25) is 0 Å². The molecule has 1 saturated heterocycles. The first kappa shape index (κ1) is 24.8. The highest BCUT2D eigenvalue weighted by atomic mass is 32.2. The maximum atomic E-state index is 12.8. The number of nitrogens with one attached hydrogen (secondary N) is 1. The lowest BCUT2D eigenvalue weighted by Crippen LogP contribution is -2.27. The van der Waals surface area contributed by atoms with Crippen molar-refractivity contribution in [3.8, 4) is 11.8 Å². The molecule has 0 saturated carbocycles. The number of benzene rings is 3. The van der Waals surface area contributed by atoms with Crippen LogP contribution in [0.25, 0.3) is 6.08 Å². The van der Waals surface area contributed by atoms with Gasteiger partial charge < -0.3 is 10.1 Å². The molecule has 3 amide bonds. The van der Waals surface area contributed by atoms with Crippen molar-refractivity contribution in [2.45, 2.75) is 20.4 Å². The van der Waals surface area contributed by atoms with Gasteiger partial charge in [-0.15, -0.1) is 0 Å². The topological polar surface area (TPSA) is 99.5 Å². The molecule has 0 atom stereocenters. The maximum absolute atomic E-state index is 12.8. The second-order valence-electron chi connectivity index (χ2n) is 8.24. The molecule has 0 radical (unpaired) electrons. The second kappa shape index (κ2) is 10.9. The first-order valence-corrected chi connectivity index (χ1v) is 12.0. The number of hydrogen-bond donors (Lipinski definition) is 1. The largest absolute Gasteiger partial charge is 0.484 e. The van der Waals surface area contributed by atoms with Crippen LogP contribution in [-0.4, -0.2) is 28.6 Å². The Bertz CT molecular complexity index is 1410. The van der Waals surface area contributed by atoms with Crippen molar-refractivity contribution in [3.05, 3.63) is 99.5 Å². The standard InChI is InChI=1S/C28H23N3O4S/c1-18-7-10-23(13-19(18)2)30-26(32)17-35-24-11-8-20(9-12-24)14-25-27(33)31(28(34)36-25)16-22-6-4-3-5-21(22)15-29/h3-14H,16-17H2,1-2H3,(H,30,32)/b25-14-. The molecule has 1 fully saturated rings. The van der Waals surface area contributed by atoms with Crippen LogP contribution in [-0.2, 0) is 16.1 Å². The number of nitrogens with zero attached hydrogens (tertiary/aromatic N) is 2. The Hall–Kier alpha value is -4.35. The average molecular weight is 498 g/mol. The number of carbonyl (C=O) groups is 3. The number of anilines is 1. The van der Waals surface area contributed by atoms with Gasteiger partial charge in [0, 0.05) is 5.69 Å². The average Bonchev–Trinajstić information content (AvgIpc) is 3.13. The maximum Gasteiger partial charge on any atom is 0.293 e. The lowest BCUT2D eigenvalue weighted by molar-refractivity contribution is -0.123. The van der Waals surface area contributed by atoms with Crippen LogP contribution >= 0.6 is 11.8 Å². The van der Waals surface area contributed by atoms with E-state index in [9.17, 15) is 19.6 Å². The van der Waals surface area contributed by atoms with Crippen molar-refractivity contribution in [2.24, 2.45) is 0 Å². The molecule has 0 aliphatic carbocycles. The number of amides is 3. The smallest absolute Gasteiger partial charge is 0.293 e. The fraction of sp³-hybridized carbons (Fsp3) is 0.143. The van der Waals surface area contributed by atoms with E-state index in [0.29, 0.717) is 33.0 Å². The number of thioether (sulfide) groups is 1. The summed E-state index contributed by atoms with van der Waals surface area (Å²) in [6.07, 6.45) is 1.64. The van der Waals surface area contributed by atoms with Crippen molar-refractivity contribution in [3.63, 3.8) is 0 Å². The van der Waals surface area contributed by atoms with Crippen molar-refractivity contribution >= 4 is 40.6 Å². The molecule has 0 unspecified atom stereocenters. The quantitative estimate of drug-likeness (QED) is 0.437. The highest BCUT2D eigenvalue weighted by Gasteiger charge is 2.35. The lowest BCUT2D eigenvalue weighted by Gasteiger charge is -2.13. The summed E-state index contributed by atoms with van der Waals surface area (Å²) in [5.41, 5.74) is 4.72. The molecule has 1 N–H and O–H groups in total. The summed E-state index contributed by atoms with van der Waals surface area (Å²) in [5.74, 6) is -0.168. The number of rotatable bonds is 7. The van der Waals surface area contributed by atoms with Gasteiger partial charge in [-0.1, -0.05) is 36.4 Å². The Balaban J connectivity index is 1.35. The molecule has 1 aliphatic heterocycles. The molecule has 1 heterocycles. The lowest BCUT2D eigenvalue weighted by atomic mass is 10.1. The van der Waals surface area contributed by atoms with Crippen molar-refractivity contribution in [1.82, 2.24) is 4.90 Å². The minimum atomic E-state index is -0.402. The molecule has 7 nitrogen and oxygen atoms in total. The van der Waals surface area contributed by atoms with Crippen molar-refractivity contribution < 1.29 is 19.1 Å². The number of carbonyl (C=O) groups excluding carboxylic acids is 3. The molecule has 3 aromatic rings. The number of nitriles is 1. The minimum Gasteiger partial charge on any atom is -0.484 e. The van der Waals surface area contributed by atoms with Crippen LogP contribution in [0.1, 0.15) is 27.8 Å². The van der Waals surface area contributed by atoms with Gasteiger partial charge in [-0.25, -0.2) is 0 Å². The summed E-state index contributed by atoms with van der Waals surface area (Å²) in [5, 5.41) is 11.7. The molecule has 4 rings (SSSR count). The van der Waals surface area contributed by atoms with Crippen LogP contribution < -0.4 is 10.1 Å². The van der Waals surface area contributed by atoms with Crippen LogP contribution in [0.15, 0.2) is 71.6 Å². The summed E-state index contributed by atoms with van der Waals surface area (Å²) < 4.78 is 5.57. The van der Waals surface area contributed by atoms with Gasteiger partial charge in [0.1, 0.15) is 5.75 Å². The summed E-state index contributed by atoms with van der Waals surface area (Å²) >= 11 is 0.862. The van der Waals surface area contributed by atoms with E-state index in [2.05, 4.69) is 11.4 Å². The normalized spacial score (nSPS) is 14.1. The number of aryl methyl sites for hydroxylation is 2. The van der Waals surface area contributed by atoms with Gasteiger partial charge in [0.2, 0.25) is 0 Å². The fourth-order valence-electron chi connectivity index (χ4n) is 3.55. The van der Waals surface area contributed by atoms with E-state index in [1.54, 1.807) is 54.6 Å². The Morgan fingerprint density at radius 3 is 2.53 bits per heavy atom. The monoisotopic (exact) mass is 497 g/mol. The third-order valence-corrected chi connectivity index (χ3v) is 6.59. The summed E-state index contributed by atoms with van der Waals surface area (Å²) in [4.78, 5) is 38.9. The Labute approximate surface area is 213 Å². The van der Waals surface area contributed by atoms with E-state index in [0.717, 1.165) is 27.8 Å².